The number of carboxylic acid groups (broad SMARTS) is 1. The lowest BCUT2D eigenvalue weighted by molar-refractivity contribution is -0.192. The summed E-state index contributed by atoms with van der Waals surface area (Å²) in [6, 6.07) is 4.95. The largest absolute Gasteiger partial charge is 0.490 e. The zero-order valence-electron chi connectivity index (χ0n) is 14.8. The van der Waals surface area contributed by atoms with E-state index >= 15 is 0 Å². The van der Waals surface area contributed by atoms with Gasteiger partial charge in [0.2, 0.25) is 0 Å². The fourth-order valence-corrected chi connectivity index (χ4v) is 3.20. The highest BCUT2D eigenvalue weighted by Gasteiger charge is 2.38. The molecule has 1 aromatic carbocycles. The van der Waals surface area contributed by atoms with E-state index in [4.69, 9.17) is 32.3 Å². The lowest BCUT2D eigenvalue weighted by Gasteiger charge is -2.37. The van der Waals surface area contributed by atoms with Crippen LogP contribution < -0.4 is 11.3 Å². The SMILES string of the molecule is C[C@H](N)c1nc2cccc(Cl)c2c(=O)n1C1CC(CO)C1.O=C(O)C(F)(F)F. The molecule has 1 saturated carbocycles. The minimum Gasteiger partial charge on any atom is -0.475 e. The maximum absolute atomic E-state index is 12.8. The van der Waals surface area contributed by atoms with Crippen LogP contribution in [0.4, 0.5) is 13.2 Å². The first kappa shape index (κ1) is 22.1. The minimum atomic E-state index is -5.08. The van der Waals surface area contributed by atoms with Gasteiger partial charge in [0.25, 0.3) is 5.56 Å². The second-order valence-corrected chi connectivity index (χ2v) is 6.95. The number of hydrogen-bond acceptors (Lipinski definition) is 5. The fraction of sp³-hybridized carbons (Fsp3) is 0.471. The lowest BCUT2D eigenvalue weighted by atomic mass is 9.80. The number of aliphatic carboxylic acids is 1. The van der Waals surface area contributed by atoms with Crippen LogP contribution in [-0.4, -0.2) is 38.5 Å². The molecular formula is C17H19ClF3N3O4. The van der Waals surface area contributed by atoms with Crippen molar-refractivity contribution in [1.82, 2.24) is 9.55 Å². The van der Waals surface area contributed by atoms with E-state index in [1.807, 2.05) is 6.92 Å². The summed E-state index contributed by atoms with van der Waals surface area (Å²) in [4.78, 5) is 26.3. The average Bonchev–Trinajstić information content (AvgIpc) is 2.55. The Labute approximate surface area is 162 Å². The molecule has 11 heteroatoms. The van der Waals surface area contributed by atoms with Crippen molar-refractivity contribution in [3.63, 3.8) is 0 Å². The molecule has 4 N–H and O–H groups in total. The van der Waals surface area contributed by atoms with Crippen LogP contribution in [0.15, 0.2) is 23.0 Å². The van der Waals surface area contributed by atoms with Gasteiger partial charge in [-0.3, -0.25) is 9.36 Å². The number of nitrogens with zero attached hydrogens (tertiary/aromatic N) is 2. The predicted octanol–water partition coefficient (Wildman–Crippen LogP) is 2.65. The summed E-state index contributed by atoms with van der Waals surface area (Å²) in [5.41, 5.74) is 6.43. The van der Waals surface area contributed by atoms with E-state index < -0.39 is 12.1 Å². The van der Waals surface area contributed by atoms with Crippen LogP contribution in [0.2, 0.25) is 5.02 Å². The third kappa shape index (κ3) is 4.62. The fourth-order valence-electron chi connectivity index (χ4n) is 2.95. The number of aliphatic hydroxyl groups excluding tert-OH is 1. The van der Waals surface area contributed by atoms with Crippen molar-refractivity contribution in [2.45, 2.75) is 38.0 Å². The first-order valence-electron chi connectivity index (χ1n) is 8.34. The van der Waals surface area contributed by atoms with Crippen molar-refractivity contribution in [1.29, 1.82) is 0 Å². The highest BCUT2D eigenvalue weighted by atomic mass is 35.5. The molecule has 1 atom stereocenters. The number of nitrogens with two attached hydrogens (primary N) is 1. The Hall–Kier alpha value is -2.17. The van der Waals surface area contributed by atoms with Crippen molar-refractivity contribution >= 4 is 28.5 Å². The van der Waals surface area contributed by atoms with E-state index in [0.29, 0.717) is 21.7 Å². The molecule has 1 aliphatic carbocycles. The van der Waals surface area contributed by atoms with Gasteiger partial charge in [-0.15, -0.1) is 0 Å². The van der Waals surface area contributed by atoms with Gasteiger partial charge in [0, 0.05) is 12.6 Å². The van der Waals surface area contributed by atoms with Gasteiger partial charge in [-0.1, -0.05) is 17.7 Å². The molecule has 0 bridgehead atoms. The molecule has 0 amide bonds. The molecule has 0 saturated heterocycles. The van der Waals surface area contributed by atoms with Gasteiger partial charge in [0.1, 0.15) is 5.82 Å². The number of alkyl halides is 3. The number of rotatable bonds is 3. The smallest absolute Gasteiger partial charge is 0.475 e. The van der Waals surface area contributed by atoms with Gasteiger partial charge in [-0.05, 0) is 37.8 Å². The summed E-state index contributed by atoms with van der Waals surface area (Å²) >= 11 is 6.16. The molecule has 1 heterocycles. The van der Waals surface area contributed by atoms with Crippen LogP contribution in [-0.2, 0) is 4.79 Å². The topological polar surface area (TPSA) is 118 Å². The van der Waals surface area contributed by atoms with Gasteiger partial charge in [-0.25, -0.2) is 9.78 Å². The van der Waals surface area contributed by atoms with Crippen LogP contribution in [0.25, 0.3) is 10.9 Å². The molecule has 0 unspecified atom stereocenters. The molecule has 28 heavy (non-hydrogen) atoms. The third-order valence-corrected chi connectivity index (χ3v) is 4.71. The van der Waals surface area contributed by atoms with Crippen molar-refractivity contribution in [2.75, 3.05) is 6.61 Å². The monoisotopic (exact) mass is 421 g/mol. The Morgan fingerprint density at radius 1 is 1.43 bits per heavy atom. The number of aromatic nitrogens is 2. The van der Waals surface area contributed by atoms with Crippen molar-refractivity contribution < 1.29 is 28.2 Å². The normalized spacial score (nSPS) is 20.1. The van der Waals surface area contributed by atoms with E-state index in [-0.39, 0.29) is 30.2 Å². The van der Waals surface area contributed by atoms with Gasteiger partial charge in [-0.2, -0.15) is 13.2 Å². The van der Waals surface area contributed by atoms with Crippen LogP contribution in [0.5, 0.6) is 0 Å². The third-order valence-electron chi connectivity index (χ3n) is 4.39. The summed E-state index contributed by atoms with van der Waals surface area (Å²) in [5, 5.41) is 17.1. The van der Waals surface area contributed by atoms with Crippen molar-refractivity contribution in [3.05, 3.63) is 39.4 Å². The van der Waals surface area contributed by atoms with E-state index in [1.54, 1.807) is 22.8 Å². The van der Waals surface area contributed by atoms with Crippen molar-refractivity contribution in [3.8, 4) is 0 Å². The van der Waals surface area contributed by atoms with Crippen LogP contribution in [0.1, 0.15) is 37.7 Å². The van der Waals surface area contributed by atoms with Crippen LogP contribution in [0, 0.1) is 5.92 Å². The van der Waals surface area contributed by atoms with Gasteiger partial charge < -0.3 is 15.9 Å². The Balaban J connectivity index is 0.000000345. The van der Waals surface area contributed by atoms with E-state index in [0.717, 1.165) is 12.8 Å². The summed E-state index contributed by atoms with van der Waals surface area (Å²) in [5.74, 6) is -1.92. The zero-order valence-corrected chi connectivity index (χ0v) is 15.5. The molecule has 154 valence electrons. The highest BCUT2D eigenvalue weighted by molar-refractivity contribution is 6.35. The summed E-state index contributed by atoms with van der Waals surface area (Å²) in [6.07, 6.45) is -3.54. The Kier molecular flexibility index (Phi) is 6.68. The quantitative estimate of drug-likeness (QED) is 0.701. The molecule has 3 rings (SSSR count). The molecule has 2 aromatic rings. The molecule has 7 nitrogen and oxygen atoms in total. The number of benzene rings is 1. The highest BCUT2D eigenvalue weighted by Crippen LogP contribution is 2.38. The number of carboxylic acids is 1. The van der Waals surface area contributed by atoms with E-state index in [1.165, 1.54) is 0 Å². The number of hydrogen-bond donors (Lipinski definition) is 3. The van der Waals surface area contributed by atoms with Crippen molar-refractivity contribution in [2.24, 2.45) is 11.7 Å². The average molecular weight is 422 g/mol. The summed E-state index contributed by atoms with van der Waals surface area (Å²) in [6.45, 7) is 1.97. The summed E-state index contributed by atoms with van der Waals surface area (Å²) in [7, 11) is 0. The van der Waals surface area contributed by atoms with E-state index in [2.05, 4.69) is 4.98 Å². The maximum Gasteiger partial charge on any atom is 0.490 e. The molecule has 1 aliphatic rings. The number of fused-ring (bicyclic) bond motifs is 1. The maximum atomic E-state index is 12.8. The second kappa shape index (κ2) is 8.46. The predicted molar refractivity (Wildman–Crippen MR) is 96.2 cm³/mol. The molecule has 0 aliphatic heterocycles. The molecule has 0 radical (unpaired) electrons. The minimum absolute atomic E-state index is 0.0452. The number of aliphatic hydroxyl groups is 1. The lowest BCUT2D eigenvalue weighted by Crippen LogP contribution is -2.39. The standard InChI is InChI=1S/C15H18ClN3O2.C2HF3O2/c1-8(17)14-18-12-4-2-3-11(16)13(12)15(21)19(14)10-5-9(6-10)7-20;3-2(4,5)1(6)7/h2-4,8-10,20H,5-7,17H2,1H3;(H,6,7)/t8-,9?,10?;/m0./s1. The first-order chi connectivity index (χ1) is 13.0. The molecular weight excluding hydrogens is 403 g/mol. The Bertz CT molecular complexity index is 924. The summed E-state index contributed by atoms with van der Waals surface area (Å²) < 4.78 is 33.4. The Morgan fingerprint density at radius 3 is 2.46 bits per heavy atom. The Morgan fingerprint density at radius 2 is 2.00 bits per heavy atom. The van der Waals surface area contributed by atoms with E-state index in [9.17, 15) is 18.0 Å². The van der Waals surface area contributed by atoms with Crippen LogP contribution >= 0.6 is 11.6 Å². The van der Waals surface area contributed by atoms with Gasteiger partial charge >= 0.3 is 12.1 Å². The molecule has 1 fully saturated rings. The number of carbonyl (C=O) groups is 1. The van der Waals surface area contributed by atoms with Gasteiger partial charge in [0.15, 0.2) is 0 Å². The number of halogens is 4. The second-order valence-electron chi connectivity index (χ2n) is 6.54. The van der Waals surface area contributed by atoms with Gasteiger partial charge in [0.05, 0.1) is 22.0 Å². The molecule has 1 aromatic heterocycles. The van der Waals surface area contributed by atoms with Crippen LogP contribution in [0.3, 0.4) is 0 Å². The molecule has 0 spiro atoms. The zero-order chi connectivity index (χ0) is 21.2. The first-order valence-corrected chi connectivity index (χ1v) is 8.72.